The summed E-state index contributed by atoms with van der Waals surface area (Å²) in [6, 6.07) is 8.41. The average Bonchev–Trinajstić information content (AvgIpc) is 3.17. The number of benzene rings is 1. The predicted octanol–water partition coefficient (Wildman–Crippen LogP) is 1.47. The first-order chi connectivity index (χ1) is 12.5. The number of piperidine rings is 1. The van der Waals surface area contributed by atoms with Crippen molar-refractivity contribution >= 4 is 15.9 Å². The first-order valence-corrected chi connectivity index (χ1v) is 10.2. The second-order valence-corrected chi connectivity index (χ2v) is 8.67. The third kappa shape index (κ3) is 3.75. The maximum absolute atomic E-state index is 12.9. The molecule has 1 aromatic rings. The van der Waals surface area contributed by atoms with Crippen molar-refractivity contribution in [2.75, 3.05) is 33.3 Å². The summed E-state index contributed by atoms with van der Waals surface area (Å²) in [5, 5.41) is 8.97. The van der Waals surface area contributed by atoms with Crippen LogP contribution in [0.5, 0.6) is 0 Å². The van der Waals surface area contributed by atoms with Crippen molar-refractivity contribution in [3.8, 4) is 6.07 Å². The number of hydrogen-bond acceptors (Lipinski definition) is 5. The maximum atomic E-state index is 12.9. The summed E-state index contributed by atoms with van der Waals surface area (Å²) in [5.41, 5.74) is 0.370. The van der Waals surface area contributed by atoms with E-state index in [1.807, 2.05) is 0 Å². The summed E-state index contributed by atoms with van der Waals surface area (Å²) < 4.78 is 32.4. The van der Waals surface area contributed by atoms with Crippen LogP contribution >= 0.6 is 0 Å². The van der Waals surface area contributed by atoms with Gasteiger partial charge in [-0.15, -0.1) is 0 Å². The van der Waals surface area contributed by atoms with Gasteiger partial charge in [-0.25, -0.2) is 8.42 Å². The molecule has 8 heteroatoms. The second-order valence-electron chi connectivity index (χ2n) is 6.73. The molecule has 0 N–H and O–H groups in total. The lowest BCUT2D eigenvalue weighted by Gasteiger charge is -2.28. The summed E-state index contributed by atoms with van der Waals surface area (Å²) in [4.78, 5) is 14.5. The first-order valence-electron chi connectivity index (χ1n) is 8.77. The molecule has 26 heavy (non-hydrogen) atoms. The molecule has 0 aromatic heterocycles. The van der Waals surface area contributed by atoms with E-state index in [1.165, 1.54) is 16.4 Å². The standard InChI is InChI=1S/C18H23N3O4S/c1-25-16-7-8-20(13-16)18(22)15-3-2-4-17(11-15)26(23,24)21-9-5-14(12-19)6-10-21/h2-4,11,14,16H,5-10,13H2,1H3/t16-/m1/s1. The Bertz CT molecular complexity index is 810. The molecule has 0 spiro atoms. The van der Waals surface area contributed by atoms with Crippen LogP contribution in [-0.2, 0) is 14.8 Å². The Hall–Kier alpha value is -1.95. The van der Waals surface area contributed by atoms with Crippen molar-refractivity contribution in [3.05, 3.63) is 29.8 Å². The molecule has 3 rings (SSSR count). The van der Waals surface area contributed by atoms with Crippen LogP contribution in [0, 0.1) is 17.2 Å². The zero-order valence-electron chi connectivity index (χ0n) is 14.8. The van der Waals surface area contributed by atoms with Gasteiger partial charge in [0.2, 0.25) is 10.0 Å². The van der Waals surface area contributed by atoms with Gasteiger partial charge in [-0.05, 0) is 37.5 Å². The Balaban J connectivity index is 1.76. The molecule has 1 atom stereocenters. The van der Waals surface area contributed by atoms with E-state index in [-0.39, 0.29) is 22.8 Å². The molecule has 2 saturated heterocycles. The van der Waals surface area contributed by atoms with Gasteiger partial charge in [0.15, 0.2) is 0 Å². The molecule has 2 fully saturated rings. The third-order valence-electron chi connectivity index (χ3n) is 5.12. The van der Waals surface area contributed by atoms with Crippen LogP contribution in [0.3, 0.4) is 0 Å². The molecular formula is C18H23N3O4S. The lowest BCUT2D eigenvalue weighted by Crippen LogP contribution is -2.38. The normalized spacial score (nSPS) is 22.3. The third-order valence-corrected chi connectivity index (χ3v) is 7.02. The van der Waals surface area contributed by atoms with E-state index in [0.717, 1.165) is 6.42 Å². The van der Waals surface area contributed by atoms with E-state index in [0.29, 0.717) is 44.6 Å². The minimum Gasteiger partial charge on any atom is -0.380 e. The molecule has 0 bridgehead atoms. The molecule has 140 valence electrons. The van der Waals surface area contributed by atoms with Crippen LogP contribution in [0.2, 0.25) is 0 Å². The van der Waals surface area contributed by atoms with Gasteiger partial charge in [-0.2, -0.15) is 9.57 Å². The van der Waals surface area contributed by atoms with Gasteiger partial charge in [0.05, 0.1) is 17.1 Å². The first kappa shape index (κ1) is 18.8. The molecule has 7 nitrogen and oxygen atoms in total. The van der Waals surface area contributed by atoms with E-state index in [4.69, 9.17) is 10.00 Å². The summed E-state index contributed by atoms with van der Waals surface area (Å²) in [6.07, 6.45) is 1.90. The van der Waals surface area contributed by atoms with Gasteiger partial charge >= 0.3 is 0 Å². The molecule has 2 heterocycles. The van der Waals surface area contributed by atoms with Gasteiger partial charge in [-0.3, -0.25) is 4.79 Å². The lowest BCUT2D eigenvalue weighted by atomic mass is 10.0. The molecule has 2 aliphatic heterocycles. The zero-order chi connectivity index (χ0) is 18.7. The molecule has 2 aliphatic rings. The summed E-state index contributed by atoms with van der Waals surface area (Å²) in [7, 11) is -2.03. The monoisotopic (exact) mass is 377 g/mol. The van der Waals surface area contributed by atoms with Crippen molar-refractivity contribution in [2.45, 2.75) is 30.3 Å². The van der Waals surface area contributed by atoms with Crippen molar-refractivity contribution in [3.63, 3.8) is 0 Å². The van der Waals surface area contributed by atoms with Crippen LogP contribution in [0.15, 0.2) is 29.2 Å². The van der Waals surface area contributed by atoms with E-state index in [2.05, 4.69) is 6.07 Å². The highest BCUT2D eigenvalue weighted by Gasteiger charge is 2.31. The van der Waals surface area contributed by atoms with Crippen molar-refractivity contribution in [1.29, 1.82) is 5.26 Å². The minimum atomic E-state index is -3.66. The highest BCUT2D eigenvalue weighted by atomic mass is 32.2. The largest absolute Gasteiger partial charge is 0.380 e. The van der Waals surface area contributed by atoms with Crippen molar-refractivity contribution in [2.24, 2.45) is 5.92 Å². The summed E-state index contributed by atoms with van der Waals surface area (Å²) in [6.45, 7) is 1.80. The molecule has 0 unspecified atom stereocenters. The smallest absolute Gasteiger partial charge is 0.253 e. The van der Waals surface area contributed by atoms with Crippen LogP contribution in [0.4, 0.5) is 0 Å². The molecule has 0 saturated carbocycles. The van der Waals surface area contributed by atoms with E-state index in [9.17, 15) is 13.2 Å². The zero-order valence-corrected chi connectivity index (χ0v) is 15.6. The number of carbonyl (C=O) groups excluding carboxylic acids is 1. The van der Waals surface area contributed by atoms with Crippen molar-refractivity contribution < 1.29 is 17.9 Å². The Morgan fingerprint density at radius 1 is 1.23 bits per heavy atom. The van der Waals surface area contributed by atoms with Gasteiger partial charge in [-0.1, -0.05) is 6.07 Å². The van der Waals surface area contributed by atoms with Crippen LogP contribution < -0.4 is 0 Å². The topological polar surface area (TPSA) is 90.7 Å². The minimum absolute atomic E-state index is 0.0345. The molecule has 0 aliphatic carbocycles. The SMILES string of the molecule is CO[C@@H]1CCN(C(=O)c2cccc(S(=O)(=O)N3CCC(C#N)CC3)c2)C1. The van der Waals surface area contributed by atoms with E-state index >= 15 is 0 Å². The Morgan fingerprint density at radius 2 is 1.96 bits per heavy atom. The quantitative estimate of drug-likeness (QED) is 0.792. The highest BCUT2D eigenvalue weighted by molar-refractivity contribution is 7.89. The maximum Gasteiger partial charge on any atom is 0.253 e. The number of likely N-dealkylation sites (tertiary alicyclic amines) is 1. The number of rotatable bonds is 4. The van der Waals surface area contributed by atoms with Gasteiger partial charge < -0.3 is 9.64 Å². The molecule has 0 radical (unpaired) electrons. The van der Waals surface area contributed by atoms with Crippen LogP contribution in [0.25, 0.3) is 0 Å². The van der Waals surface area contributed by atoms with Crippen LogP contribution in [-0.4, -0.2) is 62.9 Å². The number of nitriles is 1. The van der Waals surface area contributed by atoms with Crippen LogP contribution in [0.1, 0.15) is 29.6 Å². The Morgan fingerprint density at radius 3 is 2.58 bits per heavy atom. The van der Waals surface area contributed by atoms with Crippen molar-refractivity contribution in [1.82, 2.24) is 9.21 Å². The fourth-order valence-corrected chi connectivity index (χ4v) is 4.97. The summed E-state index contributed by atoms with van der Waals surface area (Å²) in [5.74, 6) is -0.261. The molecular weight excluding hydrogens is 354 g/mol. The van der Waals surface area contributed by atoms with E-state index in [1.54, 1.807) is 24.1 Å². The average molecular weight is 377 g/mol. The number of amides is 1. The Labute approximate surface area is 154 Å². The number of carbonyl (C=O) groups is 1. The number of methoxy groups -OCH3 is 1. The summed E-state index contributed by atoms with van der Waals surface area (Å²) >= 11 is 0. The lowest BCUT2D eigenvalue weighted by molar-refractivity contribution is 0.0724. The number of ether oxygens (including phenoxy) is 1. The molecule has 1 amide bonds. The van der Waals surface area contributed by atoms with Gasteiger partial charge in [0.1, 0.15) is 0 Å². The van der Waals surface area contributed by atoms with Gasteiger partial charge in [0, 0.05) is 44.8 Å². The fraction of sp³-hybridized carbons (Fsp3) is 0.556. The Kier molecular flexibility index (Phi) is 5.61. The predicted molar refractivity (Wildman–Crippen MR) is 94.9 cm³/mol. The second kappa shape index (κ2) is 7.74. The fourth-order valence-electron chi connectivity index (χ4n) is 3.45. The number of hydrogen-bond donors (Lipinski definition) is 0. The molecule has 1 aromatic carbocycles. The number of nitrogens with zero attached hydrogens (tertiary/aromatic N) is 3. The van der Waals surface area contributed by atoms with E-state index < -0.39 is 10.0 Å². The number of sulfonamides is 1. The highest BCUT2D eigenvalue weighted by Crippen LogP contribution is 2.25. The van der Waals surface area contributed by atoms with Gasteiger partial charge in [0.25, 0.3) is 5.91 Å².